The highest BCUT2D eigenvalue weighted by molar-refractivity contribution is 7.85. The Morgan fingerprint density at radius 2 is 1.77 bits per heavy atom. The molecule has 0 bridgehead atoms. The maximum absolute atomic E-state index is 11.1. The van der Waals surface area contributed by atoms with Crippen molar-refractivity contribution >= 4 is 32.3 Å². The molecule has 0 unspecified atom stereocenters. The van der Waals surface area contributed by atoms with Gasteiger partial charge in [0, 0.05) is 24.1 Å². The second-order valence-electron chi connectivity index (χ2n) is 8.14. The van der Waals surface area contributed by atoms with Crippen molar-refractivity contribution in [1.29, 1.82) is 0 Å². The van der Waals surface area contributed by atoms with Crippen LogP contribution in [0.3, 0.4) is 0 Å². The zero-order valence-corrected chi connectivity index (χ0v) is 19.1. The van der Waals surface area contributed by atoms with Crippen LogP contribution in [0.4, 0.5) is 5.69 Å². The highest BCUT2D eigenvalue weighted by Gasteiger charge is 2.45. The van der Waals surface area contributed by atoms with E-state index in [1.54, 1.807) is 13.4 Å². The summed E-state index contributed by atoms with van der Waals surface area (Å²) in [5.41, 5.74) is 3.37. The number of ether oxygens (including phenoxy) is 1. The van der Waals surface area contributed by atoms with Crippen LogP contribution in [0.1, 0.15) is 32.3 Å². The number of nitrogens with zero attached hydrogens (tertiary/aromatic N) is 1. The first-order valence-electron chi connectivity index (χ1n) is 10.4. The first-order valence-corrected chi connectivity index (χ1v) is 12.0. The second-order valence-corrected chi connectivity index (χ2v) is 9.72. The lowest BCUT2D eigenvalue weighted by Crippen LogP contribution is -2.28. The molecule has 6 heteroatoms. The highest BCUT2D eigenvalue weighted by atomic mass is 32.2. The number of methoxy groups -OCH3 is 1. The summed E-state index contributed by atoms with van der Waals surface area (Å²) in [6, 6.07) is 12.7. The van der Waals surface area contributed by atoms with Gasteiger partial charge in [-0.3, -0.25) is 4.55 Å². The van der Waals surface area contributed by atoms with E-state index in [9.17, 15) is 8.42 Å². The van der Waals surface area contributed by atoms with Crippen molar-refractivity contribution in [3.8, 4) is 0 Å². The second kappa shape index (κ2) is 9.62. The molecule has 1 N–H and O–H groups in total. The van der Waals surface area contributed by atoms with Crippen LogP contribution in [-0.2, 0) is 20.3 Å². The van der Waals surface area contributed by atoms with Crippen LogP contribution in [0.25, 0.3) is 10.8 Å². The van der Waals surface area contributed by atoms with E-state index in [1.165, 1.54) is 16.3 Å². The Balaban J connectivity index is 1.99. The van der Waals surface area contributed by atoms with Crippen LogP contribution in [0.15, 0.2) is 73.0 Å². The van der Waals surface area contributed by atoms with Gasteiger partial charge in [-0.1, -0.05) is 42.5 Å². The Hall–Kier alpha value is -2.70. The minimum atomic E-state index is -3.94. The fourth-order valence-corrected chi connectivity index (χ4v) is 4.80. The summed E-state index contributed by atoms with van der Waals surface area (Å²) in [6.45, 7) is 5.13. The quantitative estimate of drug-likeness (QED) is 0.192. The van der Waals surface area contributed by atoms with E-state index in [4.69, 9.17) is 9.29 Å². The van der Waals surface area contributed by atoms with Gasteiger partial charge in [0.2, 0.25) is 5.69 Å². The summed E-state index contributed by atoms with van der Waals surface area (Å²) in [6.07, 6.45) is 12.5. The normalized spacial score (nSPS) is 16.3. The molecule has 0 aromatic heterocycles. The average Bonchev–Trinajstić information content (AvgIpc) is 2.94. The zero-order valence-electron chi connectivity index (χ0n) is 18.3. The van der Waals surface area contributed by atoms with E-state index in [1.807, 2.05) is 30.4 Å². The molecular formula is C25H30NO4S+. The summed E-state index contributed by atoms with van der Waals surface area (Å²) in [7, 11) is -2.33. The molecule has 0 saturated carbocycles. The van der Waals surface area contributed by atoms with Crippen molar-refractivity contribution in [2.75, 3.05) is 19.4 Å². The molecular weight excluding hydrogens is 410 g/mol. The van der Waals surface area contributed by atoms with E-state index in [0.29, 0.717) is 19.4 Å². The van der Waals surface area contributed by atoms with Gasteiger partial charge in [-0.2, -0.15) is 13.0 Å². The van der Waals surface area contributed by atoms with E-state index >= 15 is 0 Å². The first kappa shape index (κ1) is 23.0. The molecule has 1 aliphatic heterocycles. The van der Waals surface area contributed by atoms with E-state index in [0.717, 1.165) is 11.4 Å². The van der Waals surface area contributed by atoms with Gasteiger partial charge in [0.15, 0.2) is 5.71 Å². The Labute approximate surface area is 184 Å². The molecule has 164 valence electrons. The molecule has 5 nitrogen and oxygen atoms in total. The third kappa shape index (κ3) is 5.32. The summed E-state index contributed by atoms with van der Waals surface area (Å²) in [5, 5.41) is 2.44. The summed E-state index contributed by atoms with van der Waals surface area (Å²) in [5.74, 6) is -0.214. The topological polar surface area (TPSA) is 66.6 Å². The number of benzene rings is 2. The van der Waals surface area contributed by atoms with Crippen molar-refractivity contribution in [3.05, 3.63) is 78.6 Å². The number of hydrogen-bond acceptors (Lipinski definition) is 3. The van der Waals surface area contributed by atoms with Crippen LogP contribution in [0.5, 0.6) is 0 Å². The smallest absolute Gasteiger partial charge is 0.264 e. The van der Waals surface area contributed by atoms with Gasteiger partial charge in [0.1, 0.15) is 6.54 Å². The fraction of sp³-hybridized carbons (Fsp3) is 0.320. The molecule has 0 radical (unpaired) electrons. The monoisotopic (exact) mass is 440 g/mol. The van der Waals surface area contributed by atoms with Gasteiger partial charge >= 0.3 is 0 Å². The molecule has 0 atom stereocenters. The van der Waals surface area contributed by atoms with Crippen molar-refractivity contribution < 1.29 is 22.3 Å². The predicted octanol–water partition coefficient (Wildman–Crippen LogP) is 5.16. The molecule has 31 heavy (non-hydrogen) atoms. The van der Waals surface area contributed by atoms with Crippen LogP contribution in [0, 0.1) is 0 Å². The van der Waals surface area contributed by atoms with Crippen LogP contribution >= 0.6 is 0 Å². The Morgan fingerprint density at radius 3 is 2.52 bits per heavy atom. The zero-order chi connectivity index (χ0) is 22.5. The number of fused-ring (bicyclic) bond motifs is 3. The molecule has 0 saturated heterocycles. The van der Waals surface area contributed by atoms with Crippen molar-refractivity contribution in [1.82, 2.24) is 0 Å². The summed E-state index contributed by atoms with van der Waals surface area (Å²) < 4.78 is 38.4. The third-order valence-corrected chi connectivity index (χ3v) is 6.39. The van der Waals surface area contributed by atoms with Crippen molar-refractivity contribution in [2.45, 2.75) is 32.1 Å². The first-order chi connectivity index (χ1) is 14.8. The SMILES string of the molecule is CO\C=C/C=C/C=C/C1=[N+](CCCCS(=O)(=O)O)c2ccc3ccccc3c2C1(C)C. The lowest BCUT2D eigenvalue weighted by molar-refractivity contribution is -0.438. The van der Waals surface area contributed by atoms with E-state index < -0.39 is 10.1 Å². The Bertz CT molecular complexity index is 1170. The standard InChI is InChI=1S/C25H29NO4S/c1-25(2)23(14-6-4-5-10-18-30-3)26(17-9-11-19-31(27,28)29)22-16-15-20-12-7-8-13-21(20)24(22)25/h4-8,10,12-16,18H,9,11,17,19H2,1-3H3/p+1/b5-4+,14-6+,18-10-. The predicted molar refractivity (Wildman–Crippen MR) is 127 cm³/mol. The summed E-state index contributed by atoms with van der Waals surface area (Å²) in [4.78, 5) is 0. The van der Waals surface area contributed by atoms with Gasteiger partial charge in [-0.15, -0.1) is 0 Å². The van der Waals surface area contributed by atoms with Crippen LogP contribution < -0.4 is 0 Å². The lowest BCUT2D eigenvalue weighted by Gasteiger charge is -2.17. The minimum absolute atomic E-state index is 0.214. The van der Waals surface area contributed by atoms with Gasteiger partial charge in [0.05, 0.1) is 24.5 Å². The number of allylic oxidation sites excluding steroid dienone is 5. The van der Waals surface area contributed by atoms with E-state index in [-0.39, 0.29) is 11.2 Å². The fourth-order valence-electron chi connectivity index (χ4n) is 4.23. The maximum atomic E-state index is 11.1. The highest BCUT2D eigenvalue weighted by Crippen LogP contribution is 2.44. The molecule has 1 heterocycles. The summed E-state index contributed by atoms with van der Waals surface area (Å²) >= 11 is 0. The number of unbranched alkanes of at least 4 members (excludes halogenated alkanes) is 1. The molecule has 0 aliphatic carbocycles. The molecule has 3 rings (SSSR count). The van der Waals surface area contributed by atoms with Gasteiger partial charge < -0.3 is 4.74 Å². The Kier molecular flexibility index (Phi) is 7.13. The average molecular weight is 441 g/mol. The van der Waals surface area contributed by atoms with Crippen LogP contribution in [-0.4, -0.2) is 42.7 Å². The number of rotatable bonds is 9. The van der Waals surface area contributed by atoms with Crippen molar-refractivity contribution in [3.63, 3.8) is 0 Å². The molecule has 2 aromatic rings. The van der Waals surface area contributed by atoms with E-state index in [2.05, 4.69) is 54.8 Å². The molecule has 1 aliphatic rings. The largest absolute Gasteiger partial charge is 0.504 e. The maximum Gasteiger partial charge on any atom is 0.264 e. The molecule has 0 fully saturated rings. The Morgan fingerprint density at radius 1 is 1.03 bits per heavy atom. The number of hydrogen-bond donors (Lipinski definition) is 1. The molecule has 0 spiro atoms. The third-order valence-electron chi connectivity index (χ3n) is 5.59. The van der Waals surface area contributed by atoms with Gasteiger partial charge in [0.25, 0.3) is 10.1 Å². The van der Waals surface area contributed by atoms with Crippen molar-refractivity contribution in [2.24, 2.45) is 0 Å². The molecule has 2 aromatic carbocycles. The minimum Gasteiger partial charge on any atom is -0.504 e. The van der Waals surface area contributed by atoms with Gasteiger partial charge in [-0.25, -0.2) is 0 Å². The van der Waals surface area contributed by atoms with Crippen LogP contribution in [0.2, 0.25) is 0 Å². The molecule has 0 amide bonds. The lowest BCUT2D eigenvalue weighted by atomic mass is 9.79. The van der Waals surface area contributed by atoms with Gasteiger partial charge in [-0.05, 0) is 43.2 Å².